The van der Waals surface area contributed by atoms with Crippen molar-refractivity contribution < 1.29 is 4.79 Å². The van der Waals surface area contributed by atoms with Crippen molar-refractivity contribution >= 4 is 11.9 Å². The first-order valence-corrected chi connectivity index (χ1v) is 8.90. The molecule has 2 heterocycles. The van der Waals surface area contributed by atoms with Gasteiger partial charge in [-0.15, -0.1) is 0 Å². The number of pyridine rings is 1. The summed E-state index contributed by atoms with van der Waals surface area (Å²) in [6, 6.07) is 16.9. The van der Waals surface area contributed by atoms with Crippen LogP contribution in [0.2, 0.25) is 0 Å². The van der Waals surface area contributed by atoms with Crippen LogP contribution in [0.1, 0.15) is 22.6 Å². The van der Waals surface area contributed by atoms with Crippen LogP contribution in [-0.4, -0.2) is 26.9 Å². The van der Waals surface area contributed by atoms with E-state index in [9.17, 15) is 4.79 Å². The molecule has 1 amide bonds. The maximum absolute atomic E-state index is 12.8. The van der Waals surface area contributed by atoms with Crippen LogP contribution in [0.4, 0.5) is 5.95 Å². The van der Waals surface area contributed by atoms with Crippen LogP contribution < -0.4 is 10.6 Å². The van der Waals surface area contributed by atoms with E-state index < -0.39 is 6.04 Å². The molecule has 0 aliphatic rings. The normalized spacial score (nSPS) is 11.6. The first kappa shape index (κ1) is 18.5. The molecule has 2 N–H and O–H groups in total. The summed E-state index contributed by atoms with van der Waals surface area (Å²) in [6.07, 6.45) is 2.25. The lowest BCUT2D eigenvalue weighted by atomic mass is 10.1. The third-order valence-electron chi connectivity index (χ3n) is 4.05. The van der Waals surface area contributed by atoms with Crippen LogP contribution in [0.3, 0.4) is 0 Å². The van der Waals surface area contributed by atoms with Gasteiger partial charge in [0.2, 0.25) is 11.9 Å². The van der Waals surface area contributed by atoms with Gasteiger partial charge in [-0.2, -0.15) is 0 Å². The zero-order valence-corrected chi connectivity index (χ0v) is 15.5. The van der Waals surface area contributed by atoms with Gasteiger partial charge < -0.3 is 10.6 Å². The van der Waals surface area contributed by atoms with Crippen molar-refractivity contribution in [3.05, 3.63) is 83.4 Å². The topological polar surface area (TPSA) is 79.8 Å². The first-order valence-electron chi connectivity index (χ1n) is 8.90. The number of rotatable bonds is 7. The molecular weight excluding hydrogens is 338 g/mol. The monoisotopic (exact) mass is 361 g/mol. The van der Waals surface area contributed by atoms with Crippen molar-refractivity contribution in [1.82, 2.24) is 20.3 Å². The maximum Gasteiger partial charge on any atom is 0.243 e. The highest BCUT2D eigenvalue weighted by Gasteiger charge is 2.20. The molecule has 3 rings (SSSR count). The fraction of sp³-hybridized carbons (Fsp3) is 0.238. The minimum absolute atomic E-state index is 0.118. The molecule has 0 spiro atoms. The van der Waals surface area contributed by atoms with Gasteiger partial charge in [0.05, 0.1) is 12.2 Å². The number of benzene rings is 1. The van der Waals surface area contributed by atoms with E-state index in [0.717, 1.165) is 22.6 Å². The molecule has 0 saturated heterocycles. The number of hydrogen-bond acceptors (Lipinski definition) is 5. The first-order chi connectivity index (χ1) is 13.1. The second-order valence-electron chi connectivity index (χ2n) is 6.40. The third kappa shape index (κ3) is 5.60. The Labute approximate surface area is 159 Å². The number of aryl methyl sites for hydroxylation is 2. The van der Waals surface area contributed by atoms with Crippen molar-refractivity contribution in [3.63, 3.8) is 0 Å². The molecule has 1 unspecified atom stereocenters. The highest BCUT2D eigenvalue weighted by Crippen LogP contribution is 2.10. The Morgan fingerprint density at radius 3 is 2.37 bits per heavy atom. The van der Waals surface area contributed by atoms with Crippen molar-refractivity contribution in [1.29, 1.82) is 0 Å². The van der Waals surface area contributed by atoms with Crippen molar-refractivity contribution in [2.75, 3.05) is 5.32 Å². The molecular formula is C21H23N5O. The summed E-state index contributed by atoms with van der Waals surface area (Å²) in [7, 11) is 0. The number of carbonyl (C=O) groups excluding carboxylic acids is 1. The van der Waals surface area contributed by atoms with Crippen molar-refractivity contribution in [2.45, 2.75) is 32.9 Å². The standard InChI is InChI=1S/C21H23N5O/c1-15-12-16(2)25-21(24-15)26-19(13-17-8-4-3-5-9-17)20(27)23-14-18-10-6-7-11-22-18/h3-12,19H,13-14H2,1-2H3,(H,23,27)(H,24,25,26). The molecule has 1 atom stereocenters. The molecule has 0 fully saturated rings. The molecule has 0 saturated carbocycles. The van der Waals surface area contributed by atoms with E-state index in [1.165, 1.54) is 0 Å². The average molecular weight is 361 g/mol. The van der Waals surface area contributed by atoms with E-state index in [2.05, 4.69) is 25.6 Å². The van der Waals surface area contributed by atoms with Crippen molar-refractivity contribution in [2.24, 2.45) is 0 Å². The summed E-state index contributed by atoms with van der Waals surface area (Å²) in [5.74, 6) is 0.341. The van der Waals surface area contributed by atoms with Gasteiger partial charge in [-0.25, -0.2) is 9.97 Å². The smallest absolute Gasteiger partial charge is 0.243 e. The van der Waals surface area contributed by atoms with Gasteiger partial charge in [0.15, 0.2) is 0 Å². The Kier molecular flexibility index (Phi) is 6.10. The molecule has 27 heavy (non-hydrogen) atoms. The quantitative estimate of drug-likeness (QED) is 0.676. The summed E-state index contributed by atoms with van der Waals surface area (Å²) < 4.78 is 0. The van der Waals surface area contributed by atoms with Gasteiger partial charge in [0.1, 0.15) is 6.04 Å². The minimum atomic E-state index is -0.489. The molecule has 138 valence electrons. The lowest BCUT2D eigenvalue weighted by Gasteiger charge is -2.19. The largest absolute Gasteiger partial charge is 0.349 e. The number of anilines is 1. The molecule has 6 heteroatoms. The molecule has 0 aliphatic heterocycles. The van der Waals surface area contributed by atoms with E-state index in [-0.39, 0.29) is 5.91 Å². The van der Waals surface area contributed by atoms with Crippen LogP contribution in [0, 0.1) is 13.8 Å². The maximum atomic E-state index is 12.8. The Balaban J connectivity index is 1.74. The summed E-state index contributed by atoms with van der Waals surface area (Å²) >= 11 is 0. The van der Waals surface area contributed by atoms with E-state index in [4.69, 9.17) is 0 Å². The SMILES string of the molecule is Cc1cc(C)nc(NC(Cc2ccccc2)C(=O)NCc2ccccn2)n1. The fourth-order valence-corrected chi connectivity index (χ4v) is 2.81. The Bertz CT molecular complexity index is 863. The number of nitrogens with one attached hydrogen (secondary N) is 2. The summed E-state index contributed by atoms with van der Waals surface area (Å²) in [4.78, 5) is 25.9. The van der Waals surface area contributed by atoms with Gasteiger partial charge in [0, 0.05) is 24.0 Å². The molecule has 6 nitrogen and oxygen atoms in total. The predicted octanol–water partition coefficient (Wildman–Crippen LogP) is 2.83. The van der Waals surface area contributed by atoms with E-state index in [0.29, 0.717) is 18.9 Å². The van der Waals surface area contributed by atoms with E-state index in [1.807, 2.05) is 68.4 Å². The molecule has 0 radical (unpaired) electrons. The zero-order chi connectivity index (χ0) is 19.1. The van der Waals surface area contributed by atoms with Crippen molar-refractivity contribution in [3.8, 4) is 0 Å². The minimum Gasteiger partial charge on any atom is -0.349 e. The second kappa shape index (κ2) is 8.89. The third-order valence-corrected chi connectivity index (χ3v) is 4.05. The van der Waals surface area contributed by atoms with Crippen LogP contribution >= 0.6 is 0 Å². The highest BCUT2D eigenvalue weighted by molar-refractivity contribution is 5.84. The Morgan fingerprint density at radius 1 is 1.00 bits per heavy atom. The van der Waals surface area contributed by atoms with Gasteiger partial charge in [0.25, 0.3) is 0 Å². The summed E-state index contributed by atoms with van der Waals surface area (Å²) in [5.41, 5.74) is 3.59. The lowest BCUT2D eigenvalue weighted by Crippen LogP contribution is -2.41. The number of aromatic nitrogens is 3. The number of nitrogens with zero attached hydrogens (tertiary/aromatic N) is 3. The van der Waals surface area contributed by atoms with E-state index >= 15 is 0 Å². The predicted molar refractivity (Wildman–Crippen MR) is 105 cm³/mol. The van der Waals surface area contributed by atoms with Crippen LogP contribution in [-0.2, 0) is 17.8 Å². The van der Waals surface area contributed by atoms with Crippen LogP contribution in [0.15, 0.2) is 60.8 Å². The van der Waals surface area contributed by atoms with E-state index in [1.54, 1.807) is 6.20 Å². The molecule has 2 aromatic heterocycles. The molecule has 1 aromatic carbocycles. The number of hydrogen-bond donors (Lipinski definition) is 2. The second-order valence-corrected chi connectivity index (χ2v) is 6.40. The van der Waals surface area contributed by atoms with Gasteiger partial charge in [-0.05, 0) is 37.6 Å². The summed E-state index contributed by atoms with van der Waals surface area (Å²) in [5, 5.41) is 6.14. The van der Waals surface area contributed by atoms with Gasteiger partial charge >= 0.3 is 0 Å². The Hall–Kier alpha value is -3.28. The van der Waals surface area contributed by atoms with Gasteiger partial charge in [-0.1, -0.05) is 36.4 Å². The van der Waals surface area contributed by atoms with Crippen LogP contribution in [0.25, 0.3) is 0 Å². The molecule has 3 aromatic rings. The highest BCUT2D eigenvalue weighted by atomic mass is 16.2. The fourth-order valence-electron chi connectivity index (χ4n) is 2.81. The zero-order valence-electron chi connectivity index (χ0n) is 15.5. The van der Waals surface area contributed by atoms with Crippen LogP contribution in [0.5, 0.6) is 0 Å². The Morgan fingerprint density at radius 2 is 1.70 bits per heavy atom. The molecule has 0 bridgehead atoms. The summed E-state index contributed by atoms with van der Waals surface area (Å²) in [6.45, 7) is 4.20. The number of amides is 1. The molecule has 0 aliphatic carbocycles. The number of carbonyl (C=O) groups is 1. The lowest BCUT2D eigenvalue weighted by molar-refractivity contribution is -0.122. The van der Waals surface area contributed by atoms with Gasteiger partial charge in [-0.3, -0.25) is 9.78 Å². The average Bonchev–Trinajstić information content (AvgIpc) is 2.66.